The summed E-state index contributed by atoms with van der Waals surface area (Å²) < 4.78 is 24.9. The number of amides is 2. The number of hydrogen-bond acceptors (Lipinski definition) is 6. The molecule has 2 amide bonds. The van der Waals surface area contributed by atoms with Crippen molar-refractivity contribution in [1.29, 1.82) is 0 Å². The Morgan fingerprint density at radius 3 is 2.04 bits per heavy atom. The second-order valence-electron chi connectivity index (χ2n) is 8.09. The third-order valence-corrected chi connectivity index (χ3v) is 3.89. The van der Waals surface area contributed by atoms with Crippen molar-refractivity contribution in [2.75, 3.05) is 4.90 Å². The number of aromatic nitrogens is 2. The zero-order valence-electron chi connectivity index (χ0n) is 16.7. The highest BCUT2D eigenvalue weighted by Crippen LogP contribution is 2.29. The first-order valence-electron chi connectivity index (χ1n) is 8.57. The van der Waals surface area contributed by atoms with Crippen LogP contribution in [-0.2, 0) is 14.8 Å². The molecule has 28 heavy (non-hydrogen) atoms. The fraction of sp³-hybridized carbons (Fsp3) is 0.474. The average molecular weight is 456 g/mol. The van der Waals surface area contributed by atoms with E-state index in [2.05, 4.69) is 25.9 Å². The number of halogens is 2. The van der Waals surface area contributed by atoms with E-state index < -0.39 is 29.2 Å². The van der Waals surface area contributed by atoms with E-state index in [9.17, 15) is 14.0 Å². The lowest BCUT2D eigenvalue weighted by molar-refractivity contribution is 0.0429. The highest BCUT2D eigenvalue weighted by atomic mass is 79.9. The van der Waals surface area contributed by atoms with Crippen LogP contribution < -0.4 is 4.90 Å². The van der Waals surface area contributed by atoms with E-state index in [0.29, 0.717) is 15.8 Å². The Labute approximate surface area is 171 Å². The molecular weight excluding hydrogens is 433 g/mol. The maximum atomic E-state index is 14.1. The molecule has 1 aromatic carbocycles. The van der Waals surface area contributed by atoms with Crippen LogP contribution in [0.1, 0.15) is 47.1 Å². The number of carbonyl (C=O) groups is 2. The Bertz CT molecular complexity index is 878. The third-order valence-electron chi connectivity index (χ3n) is 3.29. The van der Waals surface area contributed by atoms with Gasteiger partial charge in [-0.1, -0.05) is 15.9 Å². The number of nitrogens with zero attached hydrogens (tertiary/aromatic N) is 3. The summed E-state index contributed by atoms with van der Waals surface area (Å²) in [6.45, 7) is 10.1. The van der Waals surface area contributed by atoms with Gasteiger partial charge in [0.15, 0.2) is 5.82 Å². The molecule has 0 saturated carbocycles. The Kier molecular flexibility index (Phi) is 6.27. The lowest BCUT2D eigenvalue weighted by atomic mass is 10.1. The van der Waals surface area contributed by atoms with Gasteiger partial charge in [0.2, 0.25) is 0 Å². The third kappa shape index (κ3) is 5.37. The van der Waals surface area contributed by atoms with Gasteiger partial charge >= 0.3 is 12.2 Å². The fourth-order valence-electron chi connectivity index (χ4n) is 2.25. The molecule has 0 spiro atoms. The Balaban J connectivity index is 2.65. The van der Waals surface area contributed by atoms with E-state index in [0.717, 1.165) is 6.33 Å². The van der Waals surface area contributed by atoms with Gasteiger partial charge < -0.3 is 9.47 Å². The zero-order valence-corrected chi connectivity index (χ0v) is 18.3. The molecule has 0 aliphatic rings. The molecule has 0 aliphatic heterocycles. The summed E-state index contributed by atoms with van der Waals surface area (Å²) in [6, 6.07) is 2.70. The molecule has 0 fully saturated rings. The highest BCUT2D eigenvalue weighted by Gasteiger charge is 2.34. The maximum Gasteiger partial charge on any atom is 0.425 e. The molecule has 7 nitrogen and oxygen atoms in total. The number of ether oxygens (including phenoxy) is 2. The molecule has 2 rings (SSSR count). The van der Waals surface area contributed by atoms with Gasteiger partial charge in [0, 0.05) is 16.8 Å². The summed E-state index contributed by atoms with van der Waals surface area (Å²) in [7, 11) is 0. The minimum atomic E-state index is -0.952. The van der Waals surface area contributed by atoms with Gasteiger partial charge in [-0.15, -0.1) is 0 Å². The molecule has 152 valence electrons. The summed E-state index contributed by atoms with van der Waals surface area (Å²) in [5, 5.41) is 0.553. The normalized spacial score (nSPS) is 12.0. The highest BCUT2D eigenvalue weighted by molar-refractivity contribution is 9.08. The number of hydrogen-bond donors (Lipinski definition) is 0. The van der Waals surface area contributed by atoms with Crippen LogP contribution in [0.4, 0.5) is 19.8 Å². The standard InChI is InChI=1S/C19H23BrFN3O4/c1-18(2,3)27-16(25)24(17(26)28-19(4,5)6)15-12-7-11(9-20)13(21)8-14(12)22-10-23-15/h7-8,10H,9H2,1-6H3. The van der Waals surface area contributed by atoms with Crippen molar-refractivity contribution in [1.82, 2.24) is 9.97 Å². The summed E-state index contributed by atoms with van der Waals surface area (Å²) in [5.74, 6) is -0.509. The van der Waals surface area contributed by atoms with Crippen LogP contribution in [0.2, 0.25) is 0 Å². The summed E-state index contributed by atoms with van der Waals surface area (Å²) >= 11 is 3.22. The molecule has 0 atom stereocenters. The van der Waals surface area contributed by atoms with Crippen molar-refractivity contribution in [2.45, 2.75) is 58.1 Å². The van der Waals surface area contributed by atoms with Crippen molar-refractivity contribution >= 4 is 44.8 Å². The zero-order chi connectivity index (χ0) is 21.3. The second-order valence-corrected chi connectivity index (χ2v) is 8.65. The van der Waals surface area contributed by atoms with Gasteiger partial charge in [0.05, 0.1) is 5.52 Å². The average Bonchev–Trinajstić information content (AvgIpc) is 2.51. The molecular formula is C19H23BrFN3O4. The molecule has 0 bridgehead atoms. The van der Waals surface area contributed by atoms with E-state index in [1.165, 1.54) is 12.1 Å². The first kappa shape index (κ1) is 22.0. The van der Waals surface area contributed by atoms with Crippen LogP contribution in [0.3, 0.4) is 0 Å². The Hall–Kier alpha value is -2.29. The van der Waals surface area contributed by atoms with Gasteiger partial charge in [0.25, 0.3) is 0 Å². The minimum Gasteiger partial charge on any atom is -0.443 e. The van der Waals surface area contributed by atoms with E-state index in [1.807, 2.05) is 0 Å². The van der Waals surface area contributed by atoms with Crippen LogP contribution in [0.5, 0.6) is 0 Å². The van der Waals surface area contributed by atoms with Gasteiger partial charge in [0.1, 0.15) is 23.3 Å². The van der Waals surface area contributed by atoms with Crippen molar-refractivity contribution in [2.24, 2.45) is 0 Å². The van der Waals surface area contributed by atoms with Crippen molar-refractivity contribution < 1.29 is 23.5 Å². The minimum absolute atomic E-state index is 0.0456. The topological polar surface area (TPSA) is 81.6 Å². The first-order chi connectivity index (χ1) is 12.8. The second kappa shape index (κ2) is 7.98. The van der Waals surface area contributed by atoms with E-state index in [4.69, 9.17) is 9.47 Å². The number of anilines is 1. The van der Waals surface area contributed by atoms with Crippen LogP contribution in [-0.4, -0.2) is 33.4 Å². The maximum absolute atomic E-state index is 14.1. The summed E-state index contributed by atoms with van der Waals surface area (Å²) in [6.07, 6.45) is -0.759. The molecule has 0 radical (unpaired) electrons. The van der Waals surface area contributed by atoms with Crippen LogP contribution in [0.25, 0.3) is 10.9 Å². The molecule has 1 aromatic heterocycles. The van der Waals surface area contributed by atoms with E-state index >= 15 is 0 Å². The summed E-state index contributed by atoms with van der Waals surface area (Å²) in [4.78, 5) is 34.4. The Morgan fingerprint density at radius 2 is 1.57 bits per heavy atom. The number of imide groups is 1. The molecule has 0 saturated heterocycles. The predicted octanol–water partition coefficient (Wildman–Crippen LogP) is 5.34. The number of benzene rings is 1. The molecule has 0 N–H and O–H groups in total. The smallest absolute Gasteiger partial charge is 0.425 e. The van der Waals surface area contributed by atoms with E-state index in [-0.39, 0.29) is 16.7 Å². The number of fused-ring (bicyclic) bond motifs is 1. The Morgan fingerprint density at radius 1 is 1.04 bits per heavy atom. The van der Waals surface area contributed by atoms with Crippen molar-refractivity contribution in [3.63, 3.8) is 0 Å². The monoisotopic (exact) mass is 455 g/mol. The SMILES string of the molecule is CC(C)(C)OC(=O)N(C(=O)OC(C)(C)C)c1ncnc2cc(F)c(CBr)cc12. The van der Waals surface area contributed by atoms with E-state index in [1.54, 1.807) is 41.5 Å². The van der Waals surface area contributed by atoms with Gasteiger partial charge in [-0.25, -0.2) is 23.9 Å². The molecule has 9 heteroatoms. The largest absolute Gasteiger partial charge is 0.443 e. The molecule has 1 heterocycles. The van der Waals surface area contributed by atoms with Gasteiger partial charge in [-0.05, 0) is 53.2 Å². The van der Waals surface area contributed by atoms with Crippen molar-refractivity contribution in [3.05, 3.63) is 29.8 Å². The summed E-state index contributed by atoms with van der Waals surface area (Å²) in [5.41, 5.74) is -1.14. The first-order valence-corrected chi connectivity index (χ1v) is 9.70. The lowest BCUT2D eigenvalue weighted by Crippen LogP contribution is -2.44. The van der Waals surface area contributed by atoms with Crippen LogP contribution in [0.15, 0.2) is 18.5 Å². The molecule has 0 aliphatic carbocycles. The predicted molar refractivity (Wildman–Crippen MR) is 107 cm³/mol. The number of alkyl halides is 1. The van der Waals surface area contributed by atoms with Crippen LogP contribution in [0, 0.1) is 5.82 Å². The number of carbonyl (C=O) groups excluding carboxylic acids is 2. The van der Waals surface area contributed by atoms with Crippen molar-refractivity contribution in [3.8, 4) is 0 Å². The quantitative estimate of drug-likeness (QED) is 0.568. The number of rotatable bonds is 2. The van der Waals surface area contributed by atoms with Crippen LogP contribution >= 0.6 is 15.9 Å². The molecule has 2 aromatic rings. The van der Waals surface area contributed by atoms with Gasteiger partial charge in [-0.2, -0.15) is 4.90 Å². The molecule has 0 unspecified atom stereocenters. The van der Waals surface area contributed by atoms with Gasteiger partial charge in [-0.3, -0.25) is 0 Å². The lowest BCUT2D eigenvalue weighted by Gasteiger charge is -2.28. The fourth-order valence-corrected chi connectivity index (χ4v) is 2.68.